The molecule has 278 valence electrons. The number of thiophene rings is 2. The molecule has 3 nitrogen and oxygen atoms in total. The van der Waals surface area contributed by atoms with Crippen LogP contribution in [0.5, 0.6) is 0 Å². The second-order valence-electron chi connectivity index (χ2n) is 12.8. The minimum absolute atomic E-state index is 0.000323. The highest BCUT2D eigenvalue weighted by atomic mass is 32.1. The Balaban J connectivity index is 0.000000255. The maximum atomic E-state index is 4.99. The standard InChI is InChI=1S/C33H32N2S.C15H13NS.C2H6/c1-4-24-14-18-27(19-15-24)33(5-2,6-3)28-20-16-26(17-21-28)32-34-29(25-11-8-7-9-12-25)23-30(35-32)31-13-10-22-36-31;1-12(13-7-4-3-5-8-13)11-14(16-2)15-9-6-10-17-15;1-2/h7-23H,4-6H2,1-3H3;3-11H,1-2H2;1-2H3/b;14-11-;. The molecule has 0 N–H and O–H groups in total. The van der Waals surface area contributed by atoms with E-state index < -0.39 is 0 Å². The van der Waals surface area contributed by atoms with Crippen LogP contribution in [0.25, 0.3) is 44.5 Å². The topological polar surface area (TPSA) is 38.1 Å². The van der Waals surface area contributed by atoms with E-state index in [0.717, 1.165) is 74.2 Å². The third kappa shape index (κ3) is 9.99. The monoisotopic (exact) mass is 757 g/mol. The molecular formula is C50H51N3S2. The Bertz CT molecular complexity index is 2230. The summed E-state index contributed by atoms with van der Waals surface area (Å²) in [6.07, 6.45) is 5.14. The van der Waals surface area contributed by atoms with Crippen LogP contribution in [0.3, 0.4) is 0 Å². The molecule has 0 fully saturated rings. The van der Waals surface area contributed by atoms with Gasteiger partial charge in [-0.3, -0.25) is 4.99 Å². The van der Waals surface area contributed by atoms with Gasteiger partial charge in [-0.2, -0.15) is 0 Å². The fraction of sp³-hybridized carbons (Fsp3) is 0.180. The van der Waals surface area contributed by atoms with E-state index in [9.17, 15) is 0 Å². The molecule has 0 saturated heterocycles. The number of nitrogens with zero attached hydrogens (tertiary/aromatic N) is 3. The van der Waals surface area contributed by atoms with Crippen molar-refractivity contribution < 1.29 is 0 Å². The van der Waals surface area contributed by atoms with Crippen LogP contribution < -0.4 is 0 Å². The van der Waals surface area contributed by atoms with Crippen LogP contribution in [0, 0.1) is 0 Å². The van der Waals surface area contributed by atoms with Crippen molar-refractivity contribution >= 4 is 40.7 Å². The van der Waals surface area contributed by atoms with Gasteiger partial charge in [0.2, 0.25) is 0 Å². The van der Waals surface area contributed by atoms with Gasteiger partial charge in [0.05, 0.1) is 26.8 Å². The van der Waals surface area contributed by atoms with Crippen LogP contribution in [-0.4, -0.2) is 16.7 Å². The Morgan fingerprint density at radius 1 is 0.655 bits per heavy atom. The molecule has 55 heavy (non-hydrogen) atoms. The van der Waals surface area contributed by atoms with Gasteiger partial charge in [0.1, 0.15) is 0 Å². The average Bonchev–Trinajstić information content (AvgIpc) is 4.02. The Kier molecular flexibility index (Phi) is 15.0. The van der Waals surface area contributed by atoms with E-state index >= 15 is 0 Å². The molecule has 0 saturated carbocycles. The first-order chi connectivity index (χ1) is 27.0. The number of hydrogen-bond donors (Lipinski definition) is 0. The molecule has 0 atom stereocenters. The fourth-order valence-electron chi connectivity index (χ4n) is 6.63. The lowest BCUT2D eigenvalue weighted by atomic mass is 9.70. The second-order valence-corrected chi connectivity index (χ2v) is 14.7. The summed E-state index contributed by atoms with van der Waals surface area (Å²) in [7, 11) is 0. The molecule has 0 aliphatic carbocycles. The molecule has 0 unspecified atom stereocenters. The molecule has 0 aliphatic heterocycles. The number of aryl methyl sites for hydroxylation is 1. The SMILES string of the molecule is C=N/C(=C\C(=C)c1ccccc1)c1cccs1.CC.CCc1ccc(C(CC)(CC)c2ccc(-c3nc(-c4ccccc4)cc(-c4cccs4)n3)cc2)cc1. The normalized spacial score (nSPS) is 11.1. The number of rotatable bonds is 12. The number of hydrogen-bond acceptors (Lipinski definition) is 5. The number of benzene rings is 4. The van der Waals surface area contributed by atoms with Crippen molar-refractivity contribution in [2.45, 2.75) is 59.3 Å². The van der Waals surface area contributed by atoms with Crippen LogP contribution in [-0.2, 0) is 11.8 Å². The minimum Gasteiger partial charge on any atom is -0.263 e. The van der Waals surface area contributed by atoms with Gasteiger partial charge in [-0.1, -0.05) is 163 Å². The summed E-state index contributed by atoms with van der Waals surface area (Å²) in [5, 5.41) is 4.12. The van der Waals surface area contributed by atoms with Crippen molar-refractivity contribution in [1.29, 1.82) is 0 Å². The lowest BCUT2D eigenvalue weighted by Gasteiger charge is -2.33. The molecule has 0 spiro atoms. The van der Waals surface area contributed by atoms with E-state index in [-0.39, 0.29) is 5.41 Å². The van der Waals surface area contributed by atoms with Crippen molar-refractivity contribution in [3.63, 3.8) is 0 Å². The molecule has 4 aromatic carbocycles. The van der Waals surface area contributed by atoms with Crippen molar-refractivity contribution in [2.24, 2.45) is 4.99 Å². The first kappa shape index (κ1) is 40.7. The smallest absolute Gasteiger partial charge is 0.160 e. The summed E-state index contributed by atoms with van der Waals surface area (Å²) < 4.78 is 0. The highest BCUT2D eigenvalue weighted by molar-refractivity contribution is 7.13. The van der Waals surface area contributed by atoms with E-state index in [1.54, 1.807) is 22.7 Å². The van der Waals surface area contributed by atoms with Crippen molar-refractivity contribution in [3.05, 3.63) is 190 Å². The predicted molar refractivity (Wildman–Crippen MR) is 242 cm³/mol. The molecule has 0 aliphatic rings. The van der Waals surface area contributed by atoms with Gasteiger partial charge in [-0.15, -0.1) is 22.7 Å². The molecule has 5 heteroatoms. The van der Waals surface area contributed by atoms with E-state index in [1.165, 1.54) is 16.7 Å². The molecule has 3 heterocycles. The maximum absolute atomic E-state index is 4.99. The third-order valence-corrected chi connectivity index (χ3v) is 11.6. The summed E-state index contributed by atoms with van der Waals surface area (Å²) in [5.41, 5.74) is 11.1. The van der Waals surface area contributed by atoms with Gasteiger partial charge < -0.3 is 0 Å². The lowest BCUT2D eigenvalue weighted by Crippen LogP contribution is -2.26. The zero-order valence-electron chi connectivity index (χ0n) is 32.7. The summed E-state index contributed by atoms with van der Waals surface area (Å²) >= 11 is 3.36. The number of allylic oxidation sites excluding steroid dienone is 2. The zero-order valence-corrected chi connectivity index (χ0v) is 34.3. The molecule has 0 bridgehead atoms. The fourth-order valence-corrected chi connectivity index (χ4v) is 8.03. The number of aromatic nitrogens is 2. The molecule has 0 radical (unpaired) electrons. The van der Waals surface area contributed by atoms with E-state index in [1.807, 2.05) is 73.8 Å². The quantitative estimate of drug-likeness (QED) is 0.0919. The van der Waals surface area contributed by atoms with Gasteiger partial charge in [0, 0.05) is 16.5 Å². The predicted octanol–water partition coefficient (Wildman–Crippen LogP) is 14.7. The van der Waals surface area contributed by atoms with Gasteiger partial charge in [0.15, 0.2) is 5.82 Å². The maximum Gasteiger partial charge on any atom is 0.160 e. The van der Waals surface area contributed by atoms with Gasteiger partial charge >= 0.3 is 0 Å². The highest BCUT2D eigenvalue weighted by Gasteiger charge is 2.30. The Morgan fingerprint density at radius 2 is 1.24 bits per heavy atom. The summed E-state index contributed by atoms with van der Waals surface area (Å²) in [4.78, 5) is 16.3. The number of aliphatic imine (C=N–C) groups is 1. The van der Waals surface area contributed by atoms with Crippen molar-refractivity contribution in [2.75, 3.05) is 0 Å². The average molecular weight is 758 g/mol. The highest BCUT2D eigenvalue weighted by Crippen LogP contribution is 2.40. The largest absolute Gasteiger partial charge is 0.263 e. The van der Waals surface area contributed by atoms with Gasteiger partial charge in [-0.25, -0.2) is 9.97 Å². The molecule has 7 rings (SSSR count). The first-order valence-corrected chi connectivity index (χ1v) is 20.9. The van der Waals surface area contributed by atoms with Crippen LogP contribution >= 0.6 is 22.7 Å². The van der Waals surface area contributed by atoms with Crippen LogP contribution in [0.15, 0.2) is 168 Å². The zero-order chi connectivity index (χ0) is 39.0. The van der Waals surface area contributed by atoms with Crippen LogP contribution in [0.1, 0.15) is 74.6 Å². The first-order valence-electron chi connectivity index (χ1n) is 19.1. The van der Waals surface area contributed by atoms with E-state index in [4.69, 9.17) is 9.97 Å². The molecule has 0 amide bonds. The Morgan fingerprint density at radius 3 is 1.78 bits per heavy atom. The van der Waals surface area contributed by atoms with Crippen LogP contribution in [0.2, 0.25) is 0 Å². The Labute approximate surface area is 336 Å². The Hall–Kier alpha value is -5.49. The van der Waals surface area contributed by atoms with Gasteiger partial charge in [-0.05, 0) is 88.8 Å². The summed E-state index contributed by atoms with van der Waals surface area (Å²) in [6, 6.07) is 48.9. The molecule has 7 aromatic rings. The summed E-state index contributed by atoms with van der Waals surface area (Å²) in [5.74, 6) is 0.761. The lowest BCUT2D eigenvalue weighted by molar-refractivity contribution is 0.478. The molecule has 3 aromatic heterocycles. The third-order valence-electron chi connectivity index (χ3n) is 9.79. The van der Waals surface area contributed by atoms with Crippen molar-refractivity contribution in [3.8, 4) is 33.2 Å². The summed E-state index contributed by atoms with van der Waals surface area (Å²) in [6.45, 7) is 18.5. The van der Waals surface area contributed by atoms with Crippen molar-refractivity contribution in [1.82, 2.24) is 9.97 Å². The van der Waals surface area contributed by atoms with E-state index in [0.29, 0.717) is 0 Å². The van der Waals surface area contributed by atoms with Gasteiger partial charge in [0.25, 0.3) is 0 Å². The minimum atomic E-state index is -0.000323. The second kappa shape index (κ2) is 20.3. The van der Waals surface area contributed by atoms with E-state index in [2.05, 4.69) is 135 Å². The van der Waals surface area contributed by atoms with Crippen LogP contribution in [0.4, 0.5) is 0 Å². The molecular weight excluding hydrogens is 707 g/mol.